The molecule has 5 nitrogen and oxygen atoms in total. The van der Waals surface area contributed by atoms with Gasteiger partial charge >= 0.3 is 0 Å². The van der Waals surface area contributed by atoms with Crippen LogP contribution in [0.4, 0.5) is 4.39 Å². The van der Waals surface area contributed by atoms with Gasteiger partial charge in [0.15, 0.2) is 0 Å². The summed E-state index contributed by atoms with van der Waals surface area (Å²) in [6.45, 7) is 0. The van der Waals surface area contributed by atoms with E-state index in [-0.39, 0.29) is 5.02 Å². The first kappa shape index (κ1) is 17.3. The number of nitrogens with zero attached hydrogens (tertiary/aromatic N) is 2. The molecule has 0 aliphatic carbocycles. The van der Waals surface area contributed by atoms with Crippen LogP contribution in [-0.4, -0.2) is 17.1 Å². The van der Waals surface area contributed by atoms with Gasteiger partial charge in [-0.3, -0.25) is 9.78 Å². The number of hydrogen-bond acceptors (Lipinski definition) is 4. The van der Waals surface area contributed by atoms with E-state index in [2.05, 4.69) is 31.4 Å². The van der Waals surface area contributed by atoms with Gasteiger partial charge in [0.1, 0.15) is 17.3 Å². The number of carbonyl (C=O) groups excluding carboxylic acids is 1. The fourth-order valence-corrected chi connectivity index (χ4v) is 2.53. The number of rotatable bonds is 4. The molecule has 8 heteroatoms. The molecular weight excluding hydrogens is 413 g/mol. The highest BCUT2D eigenvalue weighted by atomic mass is 79.9. The maximum atomic E-state index is 13.2. The van der Waals surface area contributed by atoms with Crippen molar-refractivity contribution in [1.82, 2.24) is 10.4 Å². The summed E-state index contributed by atoms with van der Waals surface area (Å²) in [5.41, 5.74) is 3.38. The average molecular weight is 423 g/mol. The second-order valence-electron chi connectivity index (χ2n) is 4.92. The summed E-state index contributed by atoms with van der Waals surface area (Å²) >= 11 is 9.00. The Bertz CT molecular complexity index is 959. The highest BCUT2D eigenvalue weighted by Crippen LogP contribution is 2.26. The van der Waals surface area contributed by atoms with Crippen molar-refractivity contribution in [2.45, 2.75) is 0 Å². The maximum absolute atomic E-state index is 13.2. The van der Waals surface area contributed by atoms with Crippen LogP contribution in [0.3, 0.4) is 0 Å². The molecule has 0 atom stereocenters. The summed E-state index contributed by atoms with van der Waals surface area (Å²) in [4.78, 5) is 15.8. The minimum atomic E-state index is -0.497. The normalized spacial score (nSPS) is 11.0. The molecule has 2 heterocycles. The minimum absolute atomic E-state index is 0.0130. The highest BCUT2D eigenvalue weighted by molar-refractivity contribution is 9.10. The molecule has 0 aliphatic heterocycles. The number of hydrogen-bond donors (Lipinski definition) is 1. The third-order valence-corrected chi connectivity index (χ3v) is 3.88. The van der Waals surface area contributed by atoms with Gasteiger partial charge in [0.05, 0.1) is 16.8 Å². The zero-order chi connectivity index (χ0) is 17.8. The number of halogens is 3. The fraction of sp³-hybridized carbons (Fsp3) is 0. The van der Waals surface area contributed by atoms with E-state index in [1.165, 1.54) is 24.5 Å². The molecule has 0 aliphatic rings. The number of hydrazone groups is 1. The molecule has 1 aromatic carbocycles. The zero-order valence-electron chi connectivity index (χ0n) is 12.5. The summed E-state index contributed by atoms with van der Waals surface area (Å²) in [6.07, 6.45) is 4.36. The van der Waals surface area contributed by atoms with Crippen LogP contribution in [-0.2, 0) is 0 Å². The van der Waals surface area contributed by atoms with Crippen LogP contribution in [0, 0.1) is 5.82 Å². The smallest absolute Gasteiger partial charge is 0.272 e. The average Bonchev–Trinajstić information content (AvgIpc) is 3.06. The summed E-state index contributed by atoms with van der Waals surface area (Å²) in [6, 6.07) is 9.29. The van der Waals surface area contributed by atoms with Crippen LogP contribution in [0.1, 0.15) is 16.1 Å². The number of aromatic nitrogens is 1. The molecule has 25 heavy (non-hydrogen) atoms. The van der Waals surface area contributed by atoms with Crippen molar-refractivity contribution >= 4 is 39.7 Å². The molecule has 0 radical (unpaired) electrons. The predicted molar refractivity (Wildman–Crippen MR) is 96.1 cm³/mol. The van der Waals surface area contributed by atoms with Crippen LogP contribution in [0.2, 0.25) is 5.02 Å². The first-order valence-electron chi connectivity index (χ1n) is 7.02. The van der Waals surface area contributed by atoms with Crippen molar-refractivity contribution in [3.05, 3.63) is 75.4 Å². The Morgan fingerprint density at radius 3 is 2.88 bits per heavy atom. The number of pyridine rings is 1. The van der Waals surface area contributed by atoms with Gasteiger partial charge in [-0.1, -0.05) is 11.6 Å². The summed E-state index contributed by atoms with van der Waals surface area (Å²) in [7, 11) is 0. The van der Waals surface area contributed by atoms with Crippen molar-refractivity contribution in [2.24, 2.45) is 5.10 Å². The highest BCUT2D eigenvalue weighted by Gasteiger charge is 2.08. The van der Waals surface area contributed by atoms with E-state index >= 15 is 0 Å². The molecule has 0 unspecified atom stereocenters. The van der Waals surface area contributed by atoms with E-state index in [0.29, 0.717) is 27.1 Å². The largest absolute Gasteiger partial charge is 0.455 e. The SMILES string of the molecule is O=C(NN=Cc1ccc(-c2ccc(F)c(Cl)c2)o1)c1cncc(Br)c1. The van der Waals surface area contributed by atoms with E-state index in [4.69, 9.17) is 16.0 Å². The Balaban J connectivity index is 1.67. The molecule has 2 aromatic heterocycles. The third-order valence-electron chi connectivity index (χ3n) is 3.16. The quantitative estimate of drug-likeness (QED) is 0.491. The Morgan fingerprint density at radius 2 is 2.12 bits per heavy atom. The van der Waals surface area contributed by atoms with Crippen molar-refractivity contribution < 1.29 is 13.6 Å². The molecule has 1 N–H and O–H groups in total. The predicted octanol–water partition coefficient (Wildman–Crippen LogP) is 4.66. The lowest BCUT2D eigenvalue weighted by Crippen LogP contribution is -2.17. The van der Waals surface area contributed by atoms with Gasteiger partial charge in [0.25, 0.3) is 5.91 Å². The van der Waals surface area contributed by atoms with Crippen LogP contribution in [0.25, 0.3) is 11.3 Å². The molecule has 0 saturated carbocycles. The number of amides is 1. The van der Waals surface area contributed by atoms with Crippen LogP contribution in [0.15, 0.2) is 62.8 Å². The molecular formula is C17H10BrClFN3O2. The van der Waals surface area contributed by atoms with E-state index < -0.39 is 11.7 Å². The number of nitrogens with one attached hydrogen (secondary N) is 1. The lowest BCUT2D eigenvalue weighted by atomic mass is 10.2. The van der Waals surface area contributed by atoms with E-state index in [0.717, 1.165) is 0 Å². The Labute approximate surface area is 155 Å². The van der Waals surface area contributed by atoms with E-state index in [9.17, 15) is 9.18 Å². The maximum Gasteiger partial charge on any atom is 0.272 e. The lowest BCUT2D eigenvalue weighted by Gasteiger charge is -1.99. The van der Waals surface area contributed by atoms with Gasteiger partial charge in [0, 0.05) is 22.4 Å². The van der Waals surface area contributed by atoms with Gasteiger partial charge < -0.3 is 4.42 Å². The molecule has 0 bridgehead atoms. The van der Waals surface area contributed by atoms with Crippen LogP contribution >= 0.6 is 27.5 Å². The van der Waals surface area contributed by atoms with Crippen molar-refractivity contribution in [3.63, 3.8) is 0 Å². The topological polar surface area (TPSA) is 67.5 Å². The van der Waals surface area contributed by atoms with Crippen molar-refractivity contribution in [3.8, 4) is 11.3 Å². The monoisotopic (exact) mass is 421 g/mol. The third kappa shape index (κ3) is 4.32. The van der Waals surface area contributed by atoms with Crippen LogP contribution < -0.4 is 5.43 Å². The number of carbonyl (C=O) groups is 1. The van der Waals surface area contributed by atoms with Gasteiger partial charge in [-0.15, -0.1) is 0 Å². The summed E-state index contributed by atoms with van der Waals surface area (Å²) in [5.74, 6) is 0.0274. The summed E-state index contributed by atoms with van der Waals surface area (Å²) < 4.78 is 19.5. The van der Waals surface area contributed by atoms with E-state index in [1.54, 1.807) is 30.5 Å². The Hall–Kier alpha value is -2.51. The fourth-order valence-electron chi connectivity index (χ4n) is 1.98. The second kappa shape index (κ2) is 7.58. The summed E-state index contributed by atoms with van der Waals surface area (Å²) in [5, 5.41) is 3.85. The lowest BCUT2D eigenvalue weighted by molar-refractivity contribution is 0.0954. The van der Waals surface area contributed by atoms with Crippen molar-refractivity contribution in [1.29, 1.82) is 0 Å². The second-order valence-corrected chi connectivity index (χ2v) is 6.24. The Kier molecular flexibility index (Phi) is 5.25. The molecule has 3 rings (SSSR count). The van der Waals surface area contributed by atoms with Gasteiger partial charge in [-0.25, -0.2) is 9.82 Å². The first-order valence-corrected chi connectivity index (χ1v) is 8.19. The van der Waals surface area contributed by atoms with Gasteiger partial charge in [-0.05, 0) is 52.3 Å². The molecule has 0 spiro atoms. The Morgan fingerprint density at radius 1 is 1.28 bits per heavy atom. The molecule has 0 fully saturated rings. The van der Waals surface area contributed by atoms with E-state index in [1.807, 2.05) is 0 Å². The number of furan rings is 1. The molecule has 3 aromatic rings. The zero-order valence-corrected chi connectivity index (χ0v) is 14.9. The van der Waals surface area contributed by atoms with Crippen molar-refractivity contribution in [2.75, 3.05) is 0 Å². The van der Waals surface area contributed by atoms with Gasteiger partial charge in [0.2, 0.25) is 0 Å². The minimum Gasteiger partial charge on any atom is -0.455 e. The molecule has 126 valence electrons. The number of benzene rings is 1. The van der Waals surface area contributed by atoms with Gasteiger partial charge in [-0.2, -0.15) is 5.10 Å². The molecule has 1 amide bonds. The standard InChI is InChI=1S/C17H10BrClFN3O2/c18-12-5-11(7-21-8-12)17(24)23-22-9-13-2-4-16(25-13)10-1-3-15(20)14(19)6-10/h1-9H,(H,23,24). The van der Waals surface area contributed by atoms with Crippen LogP contribution in [0.5, 0.6) is 0 Å². The molecule has 0 saturated heterocycles. The first-order chi connectivity index (χ1) is 12.0.